The molecule has 0 spiro atoms. The number of carbonyl (C=O) groups excluding carboxylic acids is 2. The van der Waals surface area contributed by atoms with Crippen molar-refractivity contribution in [3.63, 3.8) is 0 Å². The van der Waals surface area contributed by atoms with Crippen molar-refractivity contribution in [2.45, 2.75) is 24.2 Å². The Kier molecular flexibility index (Phi) is 6.43. The van der Waals surface area contributed by atoms with Crippen LogP contribution < -0.4 is 14.2 Å². The monoisotopic (exact) mass is 588 g/mol. The number of phenols is 6. The topological polar surface area (TPSA) is 203 Å². The summed E-state index contributed by atoms with van der Waals surface area (Å²) in [5, 5.41) is 73.6. The third-order valence-corrected chi connectivity index (χ3v) is 7.54. The Morgan fingerprint density at radius 2 is 1.33 bits per heavy atom. The molecule has 2 unspecified atom stereocenters. The van der Waals surface area contributed by atoms with E-state index >= 15 is 0 Å². The Balaban J connectivity index is 1.58. The van der Waals surface area contributed by atoms with E-state index in [0.717, 1.165) is 18.2 Å². The van der Waals surface area contributed by atoms with Gasteiger partial charge in [0, 0.05) is 18.2 Å². The molecule has 6 rings (SSSR count). The smallest absolute Gasteiger partial charge is 0.202 e. The Bertz CT molecular complexity index is 1800. The summed E-state index contributed by atoms with van der Waals surface area (Å²) in [4.78, 5) is 27.6. The summed E-state index contributed by atoms with van der Waals surface area (Å²) < 4.78 is 17.2. The molecule has 0 saturated carbocycles. The van der Waals surface area contributed by atoms with E-state index in [0.29, 0.717) is 5.56 Å². The van der Waals surface area contributed by atoms with Gasteiger partial charge in [0.2, 0.25) is 5.78 Å². The lowest BCUT2D eigenvalue weighted by Gasteiger charge is -2.37. The molecule has 220 valence electrons. The van der Waals surface area contributed by atoms with Crippen LogP contribution in [0.4, 0.5) is 0 Å². The van der Waals surface area contributed by atoms with Gasteiger partial charge in [-0.2, -0.15) is 0 Å². The number of phenolic OH excluding ortho intramolecular Hbond substituents is 6. The Hall–Kier alpha value is -5.62. The number of hydrogen-bond acceptors (Lipinski definition) is 12. The van der Waals surface area contributed by atoms with Gasteiger partial charge in [0.15, 0.2) is 29.5 Å². The van der Waals surface area contributed by atoms with Crippen LogP contribution in [0.1, 0.15) is 55.5 Å². The number of rotatable bonds is 4. The first-order chi connectivity index (χ1) is 20.5. The Morgan fingerprint density at radius 1 is 0.651 bits per heavy atom. The van der Waals surface area contributed by atoms with E-state index in [9.17, 15) is 45.3 Å². The van der Waals surface area contributed by atoms with E-state index in [1.54, 1.807) is 0 Å². The fourth-order valence-electron chi connectivity index (χ4n) is 5.55. The molecule has 12 heteroatoms. The Morgan fingerprint density at radius 3 is 2.00 bits per heavy atom. The number of hydrogen-bond donors (Lipinski definition) is 7. The minimum absolute atomic E-state index is 0.0866. The minimum Gasteiger partial charge on any atom is -0.508 e. The maximum absolute atomic E-state index is 14.2. The van der Waals surface area contributed by atoms with Gasteiger partial charge in [0.1, 0.15) is 57.5 Å². The van der Waals surface area contributed by atoms with Gasteiger partial charge in [-0.3, -0.25) is 9.59 Å². The average molecular weight is 589 g/mol. The maximum Gasteiger partial charge on any atom is 0.202 e. The number of fused-ring (bicyclic) bond motifs is 2. The number of ether oxygens (including phenoxy) is 3. The highest BCUT2D eigenvalue weighted by atomic mass is 16.5. The number of ketones is 2. The van der Waals surface area contributed by atoms with E-state index in [-0.39, 0.29) is 45.4 Å². The van der Waals surface area contributed by atoms with Gasteiger partial charge >= 0.3 is 0 Å². The predicted octanol–water partition coefficient (Wildman–Crippen LogP) is 3.71. The van der Waals surface area contributed by atoms with Gasteiger partial charge < -0.3 is 50.0 Å². The molecule has 4 atom stereocenters. The van der Waals surface area contributed by atoms with E-state index in [1.807, 2.05) is 0 Å². The third-order valence-electron chi connectivity index (χ3n) is 7.54. The molecule has 12 nitrogen and oxygen atoms in total. The standard InChI is InChI=1S/C31H24O12/c1-41-20-7-4-13(8-16(20)34)30-28(40)27(39)24-19(37)11-18(36)23(31(24)43-30)25-26(38)22-17(35)9-15(33)10-21(22)42-29(25)12-2-5-14(32)6-3-12/h2-11,25,28-30,32-37,40H,1H3/t25?,28?,29-,30-/m1/s1. The largest absolute Gasteiger partial charge is 0.508 e. The van der Waals surface area contributed by atoms with Gasteiger partial charge in [-0.25, -0.2) is 0 Å². The van der Waals surface area contributed by atoms with E-state index in [1.165, 1.54) is 49.6 Å². The molecule has 4 aromatic rings. The van der Waals surface area contributed by atoms with Crippen molar-refractivity contribution in [1.82, 2.24) is 0 Å². The lowest BCUT2D eigenvalue weighted by Crippen LogP contribution is -2.38. The molecule has 2 aliphatic heterocycles. The zero-order valence-corrected chi connectivity index (χ0v) is 22.3. The zero-order chi connectivity index (χ0) is 30.7. The molecule has 2 aliphatic rings. The first kappa shape index (κ1) is 27.5. The summed E-state index contributed by atoms with van der Waals surface area (Å²) in [7, 11) is 1.34. The second kappa shape index (κ2) is 10.0. The van der Waals surface area contributed by atoms with E-state index in [4.69, 9.17) is 14.2 Å². The first-order valence-corrected chi connectivity index (χ1v) is 12.9. The number of benzene rings is 4. The molecular weight excluding hydrogens is 564 g/mol. The van der Waals surface area contributed by atoms with Gasteiger partial charge in [-0.15, -0.1) is 0 Å². The summed E-state index contributed by atoms with van der Waals surface area (Å²) in [6.45, 7) is 0. The molecule has 43 heavy (non-hydrogen) atoms. The second-order valence-corrected chi connectivity index (χ2v) is 10.1. The van der Waals surface area contributed by atoms with Crippen LogP contribution >= 0.6 is 0 Å². The Labute approximate surface area is 242 Å². The highest BCUT2D eigenvalue weighted by Gasteiger charge is 2.48. The van der Waals surface area contributed by atoms with Crippen molar-refractivity contribution < 1.29 is 59.5 Å². The molecule has 4 aromatic carbocycles. The number of aliphatic hydroxyl groups is 1. The van der Waals surface area contributed by atoms with Crippen LogP contribution in [0, 0.1) is 0 Å². The molecule has 0 aliphatic carbocycles. The lowest BCUT2D eigenvalue weighted by molar-refractivity contribution is 0.0196. The summed E-state index contributed by atoms with van der Waals surface area (Å²) in [5.41, 5.74) is -0.662. The molecule has 7 N–H and O–H groups in total. The van der Waals surface area contributed by atoms with Crippen LogP contribution in [0.15, 0.2) is 60.7 Å². The number of methoxy groups -OCH3 is 1. The van der Waals surface area contributed by atoms with Crippen LogP contribution in [-0.2, 0) is 0 Å². The van der Waals surface area contributed by atoms with E-state index < -0.39 is 64.4 Å². The minimum atomic E-state index is -1.86. The highest BCUT2D eigenvalue weighted by Crippen LogP contribution is 2.55. The quantitative estimate of drug-likeness (QED) is 0.182. The predicted molar refractivity (Wildman–Crippen MR) is 146 cm³/mol. The van der Waals surface area contributed by atoms with Crippen molar-refractivity contribution in [3.05, 3.63) is 88.5 Å². The first-order valence-electron chi connectivity index (χ1n) is 12.9. The van der Waals surface area contributed by atoms with Crippen LogP contribution in [-0.4, -0.2) is 60.5 Å². The number of carbonyl (C=O) groups is 2. The van der Waals surface area contributed by atoms with Gasteiger partial charge in [-0.1, -0.05) is 18.2 Å². The van der Waals surface area contributed by atoms with Gasteiger partial charge in [0.05, 0.1) is 18.6 Å². The number of Topliss-reactive ketones (excluding diaryl/α,β-unsaturated/α-hetero) is 2. The average Bonchev–Trinajstić information content (AvgIpc) is 2.95. The van der Waals surface area contributed by atoms with Crippen molar-refractivity contribution in [2.75, 3.05) is 7.11 Å². The SMILES string of the molecule is COc1ccc([C@H]2Oc3c(c(O)cc(O)c3C3C(=O)c4c(O)cc(O)cc4O[C@@H]3c3ccc(O)cc3)C(=O)C2O)cc1O. The molecule has 0 radical (unpaired) electrons. The van der Waals surface area contributed by atoms with Crippen molar-refractivity contribution in [3.8, 4) is 51.7 Å². The molecule has 2 heterocycles. The molecule has 0 fully saturated rings. The molecule has 0 aromatic heterocycles. The van der Waals surface area contributed by atoms with Gasteiger partial charge in [-0.05, 0) is 35.4 Å². The van der Waals surface area contributed by atoms with Crippen molar-refractivity contribution >= 4 is 11.6 Å². The number of aromatic hydroxyl groups is 6. The molecular formula is C31H24O12. The molecule has 0 saturated heterocycles. The highest BCUT2D eigenvalue weighted by molar-refractivity contribution is 6.10. The van der Waals surface area contributed by atoms with Crippen molar-refractivity contribution in [2.24, 2.45) is 0 Å². The summed E-state index contributed by atoms with van der Waals surface area (Å²) in [6, 6.07) is 12.5. The summed E-state index contributed by atoms with van der Waals surface area (Å²) in [6.07, 6.45) is -4.58. The number of aliphatic hydroxyl groups excluding tert-OH is 1. The fraction of sp³-hybridized carbons (Fsp3) is 0.161. The normalized spacial score (nSPS) is 20.9. The third kappa shape index (κ3) is 4.35. The second-order valence-electron chi connectivity index (χ2n) is 10.1. The van der Waals surface area contributed by atoms with Crippen LogP contribution in [0.5, 0.6) is 51.7 Å². The lowest BCUT2D eigenvalue weighted by atomic mass is 9.78. The van der Waals surface area contributed by atoms with Gasteiger partial charge in [0.25, 0.3) is 0 Å². The summed E-state index contributed by atoms with van der Waals surface area (Å²) in [5.74, 6) is -6.56. The van der Waals surface area contributed by atoms with Crippen LogP contribution in [0.25, 0.3) is 0 Å². The summed E-state index contributed by atoms with van der Waals surface area (Å²) >= 11 is 0. The van der Waals surface area contributed by atoms with Crippen LogP contribution in [0.2, 0.25) is 0 Å². The molecule has 0 amide bonds. The molecule has 0 bridgehead atoms. The maximum atomic E-state index is 14.2. The fourth-order valence-corrected chi connectivity index (χ4v) is 5.55. The zero-order valence-electron chi connectivity index (χ0n) is 22.3. The van der Waals surface area contributed by atoms with Crippen LogP contribution in [0.3, 0.4) is 0 Å². The van der Waals surface area contributed by atoms with Crippen molar-refractivity contribution in [1.29, 1.82) is 0 Å². The van der Waals surface area contributed by atoms with E-state index in [2.05, 4.69) is 0 Å².